The number of para-hydroxylation sites is 1. The van der Waals surface area contributed by atoms with E-state index in [1.165, 1.54) is 0 Å². The van der Waals surface area contributed by atoms with Gasteiger partial charge in [0, 0.05) is 5.88 Å². The van der Waals surface area contributed by atoms with Crippen LogP contribution in [-0.2, 0) is 0 Å². The van der Waals surface area contributed by atoms with Gasteiger partial charge < -0.3 is 4.74 Å². The molecule has 2 aromatic carbocycles. The summed E-state index contributed by atoms with van der Waals surface area (Å²) in [5.74, 6) is 1.96. The summed E-state index contributed by atoms with van der Waals surface area (Å²) in [6.45, 7) is 0. The molecule has 0 aromatic heterocycles. The minimum Gasteiger partial charge on any atom is -0.457 e. The summed E-state index contributed by atoms with van der Waals surface area (Å²) < 4.78 is 5.71. The number of alkyl halides is 2. The molecule has 3 heteroatoms. The van der Waals surface area contributed by atoms with E-state index < -0.39 is 0 Å². The Kier molecular flexibility index (Phi) is 4.29. The molecule has 17 heavy (non-hydrogen) atoms. The van der Waals surface area contributed by atoms with Crippen LogP contribution < -0.4 is 4.74 Å². The van der Waals surface area contributed by atoms with Gasteiger partial charge in [0.2, 0.25) is 0 Å². The molecule has 88 valence electrons. The lowest BCUT2D eigenvalue weighted by molar-refractivity contribution is 0.482. The molecule has 0 bridgehead atoms. The van der Waals surface area contributed by atoms with Gasteiger partial charge in [0.1, 0.15) is 11.5 Å². The van der Waals surface area contributed by atoms with Gasteiger partial charge in [0.15, 0.2) is 0 Å². The Morgan fingerprint density at radius 2 is 1.65 bits per heavy atom. The lowest BCUT2D eigenvalue weighted by atomic mass is 10.1. The molecular formula is C14H12Cl2O. The van der Waals surface area contributed by atoms with Crippen molar-refractivity contribution in [2.75, 3.05) is 5.88 Å². The SMILES string of the molecule is ClCC(Cl)c1cccc(Oc2ccccc2)c1. The van der Waals surface area contributed by atoms with E-state index in [0.29, 0.717) is 5.88 Å². The van der Waals surface area contributed by atoms with Crippen LogP contribution in [0, 0.1) is 0 Å². The van der Waals surface area contributed by atoms with Gasteiger partial charge in [0.25, 0.3) is 0 Å². The van der Waals surface area contributed by atoms with Gasteiger partial charge in [-0.15, -0.1) is 23.2 Å². The summed E-state index contributed by atoms with van der Waals surface area (Å²) >= 11 is 11.8. The first-order chi connectivity index (χ1) is 8.29. The van der Waals surface area contributed by atoms with Crippen LogP contribution in [0.5, 0.6) is 11.5 Å². The summed E-state index contributed by atoms with van der Waals surface area (Å²) in [4.78, 5) is 0. The lowest BCUT2D eigenvalue weighted by Crippen LogP contribution is -1.92. The Morgan fingerprint density at radius 1 is 0.941 bits per heavy atom. The number of benzene rings is 2. The van der Waals surface area contributed by atoms with Crippen LogP contribution in [0.4, 0.5) is 0 Å². The van der Waals surface area contributed by atoms with Crippen LogP contribution in [0.2, 0.25) is 0 Å². The van der Waals surface area contributed by atoms with E-state index in [4.69, 9.17) is 27.9 Å². The summed E-state index contributed by atoms with van der Waals surface area (Å²) in [5.41, 5.74) is 0.968. The Hall–Kier alpha value is -1.18. The van der Waals surface area contributed by atoms with E-state index in [1.807, 2.05) is 54.6 Å². The molecule has 2 aromatic rings. The van der Waals surface area contributed by atoms with Gasteiger partial charge in [-0.3, -0.25) is 0 Å². The molecule has 0 spiro atoms. The largest absolute Gasteiger partial charge is 0.457 e. The van der Waals surface area contributed by atoms with Crippen LogP contribution in [0.15, 0.2) is 54.6 Å². The highest BCUT2D eigenvalue weighted by molar-refractivity contribution is 6.28. The number of hydrogen-bond donors (Lipinski definition) is 0. The molecule has 0 heterocycles. The van der Waals surface area contributed by atoms with Gasteiger partial charge in [-0.05, 0) is 29.8 Å². The van der Waals surface area contributed by atoms with Crippen molar-refractivity contribution >= 4 is 23.2 Å². The lowest BCUT2D eigenvalue weighted by Gasteiger charge is -2.09. The molecule has 0 aliphatic carbocycles. The van der Waals surface area contributed by atoms with Crippen LogP contribution in [0.25, 0.3) is 0 Å². The molecular weight excluding hydrogens is 255 g/mol. The first-order valence-corrected chi connectivity index (χ1v) is 6.29. The minimum absolute atomic E-state index is 0.184. The van der Waals surface area contributed by atoms with Gasteiger partial charge in [0.05, 0.1) is 5.38 Å². The molecule has 0 N–H and O–H groups in total. The van der Waals surface area contributed by atoms with Crippen molar-refractivity contribution in [2.24, 2.45) is 0 Å². The standard InChI is InChI=1S/C14H12Cl2O/c15-10-14(16)11-5-4-8-13(9-11)17-12-6-2-1-3-7-12/h1-9,14H,10H2. The third-order valence-corrected chi connectivity index (χ3v) is 3.21. The number of ether oxygens (including phenoxy) is 1. The molecule has 0 aliphatic rings. The van der Waals surface area contributed by atoms with Crippen molar-refractivity contribution in [1.82, 2.24) is 0 Å². The molecule has 0 fully saturated rings. The molecule has 1 nitrogen and oxygen atoms in total. The number of halogens is 2. The van der Waals surface area contributed by atoms with Crippen molar-refractivity contribution in [2.45, 2.75) is 5.38 Å². The Labute approximate surface area is 111 Å². The van der Waals surface area contributed by atoms with Crippen LogP contribution >= 0.6 is 23.2 Å². The Bertz CT molecular complexity index is 471. The third kappa shape index (κ3) is 3.39. The van der Waals surface area contributed by atoms with Gasteiger partial charge in [-0.25, -0.2) is 0 Å². The molecule has 0 amide bonds. The summed E-state index contributed by atoms with van der Waals surface area (Å²) in [6, 6.07) is 17.3. The van der Waals surface area contributed by atoms with E-state index in [0.717, 1.165) is 17.1 Å². The van der Waals surface area contributed by atoms with E-state index in [1.54, 1.807) is 0 Å². The van der Waals surface area contributed by atoms with Crippen molar-refractivity contribution in [3.63, 3.8) is 0 Å². The molecule has 0 radical (unpaired) electrons. The van der Waals surface area contributed by atoms with E-state index in [-0.39, 0.29) is 5.38 Å². The van der Waals surface area contributed by atoms with Crippen LogP contribution in [0.1, 0.15) is 10.9 Å². The van der Waals surface area contributed by atoms with E-state index >= 15 is 0 Å². The normalized spacial score (nSPS) is 12.1. The smallest absolute Gasteiger partial charge is 0.127 e. The molecule has 0 saturated heterocycles. The van der Waals surface area contributed by atoms with Crippen molar-refractivity contribution < 1.29 is 4.74 Å². The summed E-state index contributed by atoms with van der Waals surface area (Å²) in [7, 11) is 0. The average molecular weight is 267 g/mol. The fourth-order valence-corrected chi connectivity index (χ4v) is 1.80. The first-order valence-electron chi connectivity index (χ1n) is 5.32. The first kappa shape index (κ1) is 12.3. The van der Waals surface area contributed by atoms with Crippen LogP contribution in [0.3, 0.4) is 0 Å². The molecule has 2 rings (SSSR count). The number of hydrogen-bond acceptors (Lipinski definition) is 1. The fraction of sp³-hybridized carbons (Fsp3) is 0.143. The van der Waals surface area contributed by atoms with Gasteiger partial charge in [-0.2, -0.15) is 0 Å². The Balaban J connectivity index is 2.17. The highest BCUT2D eigenvalue weighted by atomic mass is 35.5. The average Bonchev–Trinajstić information content (AvgIpc) is 2.39. The molecule has 0 saturated carbocycles. The molecule has 1 atom stereocenters. The van der Waals surface area contributed by atoms with E-state index in [9.17, 15) is 0 Å². The highest BCUT2D eigenvalue weighted by Crippen LogP contribution is 2.27. The monoisotopic (exact) mass is 266 g/mol. The zero-order valence-electron chi connectivity index (χ0n) is 9.14. The summed E-state index contributed by atoms with van der Waals surface area (Å²) in [5, 5.41) is -0.184. The van der Waals surface area contributed by atoms with Gasteiger partial charge >= 0.3 is 0 Å². The molecule has 1 unspecified atom stereocenters. The van der Waals surface area contributed by atoms with Gasteiger partial charge in [-0.1, -0.05) is 30.3 Å². The van der Waals surface area contributed by atoms with Crippen molar-refractivity contribution in [3.05, 3.63) is 60.2 Å². The fourth-order valence-electron chi connectivity index (χ4n) is 1.49. The third-order valence-electron chi connectivity index (χ3n) is 2.33. The minimum atomic E-state index is -0.184. The van der Waals surface area contributed by atoms with E-state index in [2.05, 4.69) is 0 Å². The van der Waals surface area contributed by atoms with Crippen molar-refractivity contribution in [1.29, 1.82) is 0 Å². The predicted octanol–water partition coefficient (Wildman–Crippen LogP) is 5.00. The second kappa shape index (κ2) is 5.95. The zero-order valence-corrected chi connectivity index (χ0v) is 10.7. The second-order valence-corrected chi connectivity index (χ2v) is 4.44. The molecule has 0 aliphatic heterocycles. The maximum Gasteiger partial charge on any atom is 0.127 e. The second-order valence-electron chi connectivity index (χ2n) is 3.61. The van der Waals surface area contributed by atoms with Crippen molar-refractivity contribution in [3.8, 4) is 11.5 Å². The predicted molar refractivity (Wildman–Crippen MR) is 72.3 cm³/mol. The quantitative estimate of drug-likeness (QED) is 0.708. The number of rotatable bonds is 4. The highest BCUT2D eigenvalue weighted by Gasteiger charge is 2.07. The maximum atomic E-state index is 6.08. The van der Waals surface area contributed by atoms with Crippen LogP contribution in [-0.4, -0.2) is 5.88 Å². The maximum absolute atomic E-state index is 6.08. The Morgan fingerprint density at radius 3 is 2.35 bits per heavy atom. The summed E-state index contributed by atoms with van der Waals surface area (Å²) in [6.07, 6.45) is 0. The zero-order chi connectivity index (χ0) is 12.1. The topological polar surface area (TPSA) is 9.23 Å².